The second-order valence-corrected chi connectivity index (χ2v) is 19.5. The standard InChI is InChI=1S/C23H20N2O5S.C12H12N2O2S.C11H9ClO3/c1-15-4-7-17(8-5-15)31(27,28)21-18(3-2-12-24-21)25-22(26)23(10-11-23)16-6-9-19-20(13-16)30-14-29-19;1-9-4-6-10(7-5-9)17(15,16)12-11(13)3-2-8-14-12;12-10(13)11(3-4-11)7-1-2-8-9(5-7)15-6-14-8/h2-9,12-13H,10-11,14H2,1H3,(H,25,26);2-8H,13H2,1H3;1-2,5H,3-4,6H2. The van der Waals surface area contributed by atoms with Crippen LogP contribution in [0.5, 0.6) is 23.0 Å². The van der Waals surface area contributed by atoms with Crippen molar-refractivity contribution >= 4 is 53.8 Å². The molecule has 324 valence electrons. The normalized spacial score (nSPS) is 15.7. The number of carbonyl (C=O) groups excluding carboxylic acids is 2. The number of nitrogens with two attached hydrogens (primary N) is 1. The lowest BCUT2D eigenvalue weighted by Crippen LogP contribution is -2.28. The number of ether oxygens (including phenoxy) is 4. The van der Waals surface area contributed by atoms with Crippen molar-refractivity contribution in [2.75, 3.05) is 24.6 Å². The fraction of sp³-hybridized carbons (Fsp3) is 0.217. The molecular formula is C46H41ClN4O10S2. The molecule has 10 rings (SSSR count). The van der Waals surface area contributed by atoms with E-state index in [2.05, 4.69) is 15.3 Å². The predicted molar refractivity (Wildman–Crippen MR) is 233 cm³/mol. The van der Waals surface area contributed by atoms with Gasteiger partial charge < -0.3 is 30.0 Å². The Morgan fingerprint density at radius 2 is 1.05 bits per heavy atom. The number of hydrogen-bond acceptors (Lipinski definition) is 13. The van der Waals surface area contributed by atoms with Crippen molar-refractivity contribution < 1.29 is 45.4 Å². The van der Waals surface area contributed by atoms with Crippen molar-refractivity contribution in [3.63, 3.8) is 0 Å². The summed E-state index contributed by atoms with van der Waals surface area (Å²) >= 11 is 5.61. The average molecular weight is 909 g/mol. The lowest BCUT2D eigenvalue weighted by molar-refractivity contribution is -0.118. The summed E-state index contributed by atoms with van der Waals surface area (Å²) in [4.78, 5) is 32.8. The highest BCUT2D eigenvalue weighted by atomic mass is 35.5. The molecule has 63 heavy (non-hydrogen) atoms. The van der Waals surface area contributed by atoms with Gasteiger partial charge in [0.2, 0.25) is 44.4 Å². The molecule has 14 nitrogen and oxygen atoms in total. The molecule has 2 saturated carbocycles. The Kier molecular flexibility index (Phi) is 11.6. The van der Waals surface area contributed by atoms with Gasteiger partial charge in [-0.15, -0.1) is 0 Å². The molecule has 4 aromatic carbocycles. The number of benzene rings is 4. The molecule has 0 unspecified atom stereocenters. The van der Waals surface area contributed by atoms with E-state index in [1.165, 1.54) is 18.5 Å². The molecule has 4 heterocycles. The Balaban J connectivity index is 0.000000143. The minimum atomic E-state index is -3.89. The zero-order valence-corrected chi connectivity index (χ0v) is 36.4. The second kappa shape index (κ2) is 17.0. The minimum absolute atomic E-state index is 0.0937. The summed E-state index contributed by atoms with van der Waals surface area (Å²) in [6.45, 7) is 4.19. The number of pyridine rings is 2. The molecule has 6 aromatic rings. The van der Waals surface area contributed by atoms with E-state index in [9.17, 15) is 26.4 Å². The molecule has 0 radical (unpaired) electrons. The van der Waals surface area contributed by atoms with E-state index < -0.39 is 30.5 Å². The quantitative estimate of drug-likeness (QED) is 0.134. The number of amides is 1. The van der Waals surface area contributed by atoms with Gasteiger partial charge in [-0.3, -0.25) is 9.59 Å². The number of anilines is 2. The Bertz CT molecular complexity index is 2960. The van der Waals surface area contributed by atoms with E-state index in [-0.39, 0.29) is 56.0 Å². The first kappa shape index (κ1) is 43.2. The number of nitrogens with one attached hydrogen (secondary N) is 1. The molecule has 17 heteroatoms. The van der Waals surface area contributed by atoms with Crippen molar-refractivity contribution in [3.05, 3.63) is 144 Å². The Morgan fingerprint density at radius 1 is 0.603 bits per heavy atom. The van der Waals surface area contributed by atoms with Gasteiger partial charge in [-0.25, -0.2) is 26.8 Å². The maximum Gasteiger partial charge on any atom is 0.235 e. The van der Waals surface area contributed by atoms with Crippen LogP contribution in [-0.2, 0) is 40.1 Å². The second-order valence-electron chi connectivity index (χ2n) is 15.4. The Labute approximate surface area is 369 Å². The Hall–Kier alpha value is -6.49. The lowest BCUT2D eigenvalue weighted by Gasteiger charge is -2.17. The van der Waals surface area contributed by atoms with Crippen LogP contribution >= 0.6 is 11.6 Å². The largest absolute Gasteiger partial charge is 0.454 e. The van der Waals surface area contributed by atoms with Crippen LogP contribution in [0.3, 0.4) is 0 Å². The third-order valence-corrected chi connectivity index (χ3v) is 15.0. The molecule has 2 aliphatic carbocycles. The smallest absolute Gasteiger partial charge is 0.235 e. The predicted octanol–water partition coefficient (Wildman–Crippen LogP) is 7.64. The zero-order valence-electron chi connectivity index (χ0n) is 34.0. The van der Waals surface area contributed by atoms with Crippen molar-refractivity contribution in [3.8, 4) is 23.0 Å². The lowest BCUT2D eigenvalue weighted by atomic mass is 9.94. The van der Waals surface area contributed by atoms with Gasteiger partial charge in [-0.05, 0) is 135 Å². The monoisotopic (exact) mass is 908 g/mol. The van der Waals surface area contributed by atoms with Crippen LogP contribution in [0.25, 0.3) is 0 Å². The van der Waals surface area contributed by atoms with E-state index >= 15 is 0 Å². The van der Waals surface area contributed by atoms with Gasteiger partial charge >= 0.3 is 0 Å². The fourth-order valence-electron chi connectivity index (χ4n) is 7.11. The third-order valence-electron chi connectivity index (χ3n) is 11.2. The zero-order chi connectivity index (χ0) is 44.6. The summed E-state index contributed by atoms with van der Waals surface area (Å²) in [6, 6.07) is 30.5. The number of aryl methyl sites for hydroxylation is 2. The number of nitrogens with zero attached hydrogens (tertiary/aromatic N) is 2. The van der Waals surface area contributed by atoms with Crippen LogP contribution < -0.4 is 30.0 Å². The topological polar surface area (TPSA) is 203 Å². The van der Waals surface area contributed by atoms with Crippen LogP contribution in [0, 0.1) is 13.8 Å². The Morgan fingerprint density at radius 3 is 1.52 bits per heavy atom. The summed E-state index contributed by atoms with van der Waals surface area (Å²) in [6.07, 6.45) is 5.81. The number of nitrogen functional groups attached to an aromatic ring is 1. The number of sulfone groups is 2. The van der Waals surface area contributed by atoms with Crippen LogP contribution in [0.1, 0.15) is 47.9 Å². The van der Waals surface area contributed by atoms with Gasteiger partial charge in [0.05, 0.1) is 32.0 Å². The highest BCUT2D eigenvalue weighted by molar-refractivity contribution is 7.91. The van der Waals surface area contributed by atoms with Crippen molar-refractivity contribution in [1.82, 2.24) is 9.97 Å². The van der Waals surface area contributed by atoms with E-state index in [4.69, 9.17) is 36.3 Å². The molecule has 0 saturated heterocycles. The molecule has 0 spiro atoms. The number of hydrogen-bond donors (Lipinski definition) is 2. The van der Waals surface area contributed by atoms with Crippen LogP contribution in [-0.4, -0.2) is 51.5 Å². The number of fused-ring (bicyclic) bond motifs is 2. The average Bonchev–Trinajstić information content (AvgIpc) is 4.17. The summed E-state index contributed by atoms with van der Waals surface area (Å²) in [7, 11) is -7.51. The van der Waals surface area contributed by atoms with Crippen molar-refractivity contribution in [1.29, 1.82) is 0 Å². The highest BCUT2D eigenvalue weighted by Gasteiger charge is 2.52. The van der Waals surface area contributed by atoms with Gasteiger partial charge in [0.1, 0.15) is 0 Å². The maximum atomic E-state index is 13.3. The first-order chi connectivity index (χ1) is 30.1. The van der Waals surface area contributed by atoms with E-state index in [0.29, 0.717) is 30.1 Å². The van der Waals surface area contributed by atoms with E-state index in [1.54, 1.807) is 72.8 Å². The number of carbonyl (C=O) groups is 2. The van der Waals surface area contributed by atoms with Gasteiger partial charge in [-0.2, -0.15) is 0 Å². The summed E-state index contributed by atoms with van der Waals surface area (Å²) in [5, 5.41) is 2.27. The maximum absolute atomic E-state index is 13.3. The molecule has 0 atom stereocenters. The summed E-state index contributed by atoms with van der Waals surface area (Å²) < 4.78 is 72.0. The molecule has 3 N–H and O–H groups in total. The van der Waals surface area contributed by atoms with Crippen LogP contribution in [0.15, 0.2) is 141 Å². The molecule has 2 aromatic heterocycles. The molecule has 4 aliphatic rings. The summed E-state index contributed by atoms with van der Waals surface area (Å²) in [5.74, 6) is 2.44. The first-order valence-corrected chi connectivity index (χ1v) is 23.1. The van der Waals surface area contributed by atoms with Gasteiger partial charge in [0, 0.05) is 12.4 Å². The molecule has 0 bridgehead atoms. The van der Waals surface area contributed by atoms with Crippen molar-refractivity contribution in [2.45, 2.75) is 70.2 Å². The molecule has 2 aliphatic heterocycles. The van der Waals surface area contributed by atoms with Crippen molar-refractivity contribution in [2.24, 2.45) is 0 Å². The van der Waals surface area contributed by atoms with E-state index in [0.717, 1.165) is 40.8 Å². The minimum Gasteiger partial charge on any atom is -0.454 e. The highest BCUT2D eigenvalue weighted by Crippen LogP contribution is 2.52. The summed E-state index contributed by atoms with van der Waals surface area (Å²) in [5.41, 5.74) is 8.49. The van der Waals surface area contributed by atoms with Gasteiger partial charge in [0.25, 0.3) is 0 Å². The molecular weight excluding hydrogens is 868 g/mol. The number of aromatic nitrogens is 2. The molecule has 1 amide bonds. The number of rotatable bonds is 9. The molecule has 2 fully saturated rings. The fourth-order valence-corrected chi connectivity index (χ4v) is 10.0. The number of halogens is 1. The van der Waals surface area contributed by atoms with E-state index in [1.807, 2.05) is 44.2 Å². The SMILES string of the molecule is Cc1ccc(S(=O)(=O)c2ncccc2N)cc1.Cc1ccc(S(=O)(=O)c2ncccc2NC(=O)C2(c3ccc4c(c3)OCO4)CC2)cc1.O=C(Cl)C1(c2ccc3c(c2)OCO3)CC1. The third kappa shape index (κ3) is 8.66. The van der Waals surface area contributed by atoms with Gasteiger partial charge in [0.15, 0.2) is 33.0 Å². The van der Waals surface area contributed by atoms with Gasteiger partial charge in [-0.1, -0.05) is 47.5 Å². The van der Waals surface area contributed by atoms with Crippen LogP contribution in [0.2, 0.25) is 0 Å². The first-order valence-electron chi connectivity index (χ1n) is 19.7. The van der Waals surface area contributed by atoms with Crippen LogP contribution in [0.4, 0.5) is 11.4 Å².